The Labute approximate surface area is 155 Å². The van der Waals surface area contributed by atoms with Gasteiger partial charge in [-0.2, -0.15) is 0 Å². The van der Waals surface area contributed by atoms with E-state index in [2.05, 4.69) is 5.32 Å². The van der Waals surface area contributed by atoms with Crippen molar-refractivity contribution >= 4 is 24.0 Å². The third kappa shape index (κ3) is 4.67. The van der Waals surface area contributed by atoms with Gasteiger partial charge in [-0.25, -0.2) is 0 Å². The molecule has 2 aromatic carbocycles. The van der Waals surface area contributed by atoms with Crippen LogP contribution in [0.15, 0.2) is 42.5 Å². The summed E-state index contributed by atoms with van der Waals surface area (Å²) in [6, 6.07) is 13.5. The molecule has 1 atom stereocenters. The average Bonchev–Trinajstić information content (AvgIpc) is 2.49. The van der Waals surface area contributed by atoms with Crippen molar-refractivity contribution in [2.24, 2.45) is 0 Å². The van der Waals surface area contributed by atoms with Gasteiger partial charge in [0.2, 0.25) is 5.91 Å². The zero-order valence-electron chi connectivity index (χ0n) is 14.8. The summed E-state index contributed by atoms with van der Waals surface area (Å²) in [4.78, 5) is 12.5. The Kier molecular flexibility index (Phi) is 5.63. The summed E-state index contributed by atoms with van der Waals surface area (Å²) in [5.74, 6) is 0.802. The van der Waals surface area contributed by atoms with E-state index in [0.717, 1.165) is 16.9 Å². The van der Waals surface area contributed by atoms with Crippen molar-refractivity contribution in [2.75, 3.05) is 5.73 Å². The van der Waals surface area contributed by atoms with E-state index >= 15 is 0 Å². The third-order valence-corrected chi connectivity index (χ3v) is 4.31. The van der Waals surface area contributed by atoms with Crippen LogP contribution in [0.5, 0.6) is 5.75 Å². The number of fused-ring (bicyclic) bond motifs is 1. The number of nitrogen functional groups attached to an aromatic ring is 1. The van der Waals surface area contributed by atoms with E-state index in [9.17, 15) is 4.79 Å². The SMILES string of the molecule is Cc1ccc(CC(=O)NC2CC(C)(C)Oc3ccc(N)cc32)cc1.Cl. The number of benzene rings is 2. The normalized spacial score (nSPS) is 17.6. The smallest absolute Gasteiger partial charge is 0.224 e. The zero-order valence-corrected chi connectivity index (χ0v) is 15.7. The summed E-state index contributed by atoms with van der Waals surface area (Å²) in [5.41, 5.74) is 9.41. The van der Waals surface area contributed by atoms with Crippen LogP contribution in [-0.2, 0) is 11.2 Å². The maximum Gasteiger partial charge on any atom is 0.224 e. The minimum atomic E-state index is -0.328. The fraction of sp³-hybridized carbons (Fsp3) is 0.350. The summed E-state index contributed by atoms with van der Waals surface area (Å²) >= 11 is 0. The molecule has 0 aromatic heterocycles. The van der Waals surface area contributed by atoms with Crippen molar-refractivity contribution in [1.29, 1.82) is 0 Å². The molecule has 0 aliphatic carbocycles. The monoisotopic (exact) mass is 360 g/mol. The molecular weight excluding hydrogens is 336 g/mol. The van der Waals surface area contributed by atoms with Gasteiger partial charge in [-0.1, -0.05) is 29.8 Å². The minimum absolute atomic E-state index is 0. The summed E-state index contributed by atoms with van der Waals surface area (Å²) in [5, 5.41) is 3.15. The molecule has 5 heteroatoms. The van der Waals surface area contributed by atoms with Crippen molar-refractivity contribution in [3.8, 4) is 5.75 Å². The number of carbonyl (C=O) groups excluding carboxylic acids is 1. The Bertz CT molecular complexity index is 757. The van der Waals surface area contributed by atoms with E-state index in [-0.39, 0.29) is 30.0 Å². The number of nitrogens with two attached hydrogens (primary N) is 1. The number of anilines is 1. The molecular formula is C20H25ClN2O2. The second-order valence-electron chi connectivity index (χ2n) is 7.15. The average molecular weight is 361 g/mol. The van der Waals surface area contributed by atoms with E-state index in [1.165, 1.54) is 5.56 Å². The number of amides is 1. The second-order valence-corrected chi connectivity index (χ2v) is 7.15. The van der Waals surface area contributed by atoms with Crippen LogP contribution in [0, 0.1) is 6.92 Å². The lowest BCUT2D eigenvalue weighted by Gasteiger charge is -2.38. The Balaban J connectivity index is 0.00000225. The molecule has 0 radical (unpaired) electrons. The predicted molar refractivity (Wildman–Crippen MR) is 103 cm³/mol. The van der Waals surface area contributed by atoms with Crippen LogP contribution in [0.2, 0.25) is 0 Å². The first-order chi connectivity index (χ1) is 11.3. The summed E-state index contributed by atoms with van der Waals surface area (Å²) in [7, 11) is 0. The van der Waals surface area contributed by atoms with Crippen molar-refractivity contribution in [3.63, 3.8) is 0 Å². The van der Waals surface area contributed by atoms with Gasteiger partial charge >= 0.3 is 0 Å². The first-order valence-electron chi connectivity index (χ1n) is 8.26. The first kappa shape index (κ1) is 19.1. The van der Waals surface area contributed by atoms with Crippen molar-refractivity contribution in [3.05, 3.63) is 59.2 Å². The van der Waals surface area contributed by atoms with Gasteiger partial charge in [-0.05, 0) is 44.5 Å². The molecule has 3 rings (SSSR count). The van der Waals surface area contributed by atoms with E-state index in [4.69, 9.17) is 10.5 Å². The Hall–Kier alpha value is -2.20. The molecule has 1 amide bonds. The summed E-state index contributed by atoms with van der Waals surface area (Å²) < 4.78 is 6.01. The standard InChI is InChI=1S/C20H24N2O2.ClH/c1-13-4-6-14(7-5-13)10-19(23)22-17-12-20(2,3)24-18-9-8-15(21)11-16(17)18;/h4-9,11,17H,10,12,21H2,1-3H3,(H,22,23);1H. The van der Waals surface area contributed by atoms with Crippen LogP contribution < -0.4 is 15.8 Å². The van der Waals surface area contributed by atoms with Gasteiger partial charge in [0, 0.05) is 17.7 Å². The molecule has 0 saturated carbocycles. The van der Waals surface area contributed by atoms with Crippen LogP contribution in [0.25, 0.3) is 0 Å². The quantitative estimate of drug-likeness (QED) is 0.814. The zero-order chi connectivity index (χ0) is 17.3. The minimum Gasteiger partial charge on any atom is -0.487 e. The molecule has 1 aliphatic heterocycles. The molecule has 134 valence electrons. The molecule has 0 fully saturated rings. The molecule has 4 nitrogen and oxygen atoms in total. The Morgan fingerprint density at radius 2 is 1.92 bits per heavy atom. The molecule has 0 saturated heterocycles. The molecule has 1 heterocycles. The number of hydrogen-bond donors (Lipinski definition) is 2. The van der Waals surface area contributed by atoms with Gasteiger partial charge in [-0.3, -0.25) is 4.79 Å². The highest BCUT2D eigenvalue weighted by Crippen LogP contribution is 2.40. The number of hydrogen-bond acceptors (Lipinski definition) is 3. The van der Waals surface area contributed by atoms with Crippen LogP contribution in [-0.4, -0.2) is 11.5 Å². The van der Waals surface area contributed by atoms with Gasteiger partial charge in [0.25, 0.3) is 0 Å². The number of ether oxygens (including phenoxy) is 1. The van der Waals surface area contributed by atoms with Gasteiger partial charge in [0.05, 0.1) is 12.5 Å². The highest BCUT2D eigenvalue weighted by molar-refractivity contribution is 5.85. The third-order valence-electron chi connectivity index (χ3n) is 4.31. The highest BCUT2D eigenvalue weighted by Gasteiger charge is 2.34. The lowest BCUT2D eigenvalue weighted by atomic mass is 9.89. The van der Waals surface area contributed by atoms with E-state index < -0.39 is 0 Å². The topological polar surface area (TPSA) is 64.3 Å². The summed E-state index contributed by atoms with van der Waals surface area (Å²) in [6.45, 7) is 6.10. The van der Waals surface area contributed by atoms with Gasteiger partial charge in [0.1, 0.15) is 11.4 Å². The molecule has 0 spiro atoms. The number of rotatable bonds is 3. The number of halogens is 1. The van der Waals surface area contributed by atoms with E-state index in [1.54, 1.807) is 0 Å². The molecule has 0 bridgehead atoms. The van der Waals surface area contributed by atoms with Gasteiger partial charge < -0.3 is 15.8 Å². The van der Waals surface area contributed by atoms with E-state index in [0.29, 0.717) is 18.5 Å². The van der Waals surface area contributed by atoms with Gasteiger partial charge in [0.15, 0.2) is 0 Å². The highest BCUT2D eigenvalue weighted by atomic mass is 35.5. The van der Waals surface area contributed by atoms with Gasteiger partial charge in [-0.15, -0.1) is 12.4 Å². The van der Waals surface area contributed by atoms with Crippen molar-refractivity contribution in [1.82, 2.24) is 5.32 Å². The van der Waals surface area contributed by atoms with Crippen LogP contribution in [0.1, 0.15) is 43.0 Å². The fourth-order valence-corrected chi connectivity index (χ4v) is 3.14. The second kappa shape index (κ2) is 7.36. The Morgan fingerprint density at radius 1 is 1.24 bits per heavy atom. The molecule has 3 N–H and O–H groups in total. The van der Waals surface area contributed by atoms with Crippen LogP contribution in [0.3, 0.4) is 0 Å². The summed E-state index contributed by atoms with van der Waals surface area (Å²) in [6.07, 6.45) is 1.08. The van der Waals surface area contributed by atoms with Crippen LogP contribution >= 0.6 is 12.4 Å². The number of aryl methyl sites for hydroxylation is 1. The molecule has 25 heavy (non-hydrogen) atoms. The first-order valence-corrected chi connectivity index (χ1v) is 8.26. The largest absolute Gasteiger partial charge is 0.487 e. The van der Waals surface area contributed by atoms with Crippen LogP contribution in [0.4, 0.5) is 5.69 Å². The molecule has 1 unspecified atom stereocenters. The lowest BCUT2D eigenvalue weighted by Crippen LogP contribution is -2.41. The van der Waals surface area contributed by atoms with Crippen molar-refractivity contribution < 1.29 is 9.53 Å². The Morgan fingerprint density at radius 3 is 2.60 bits per heavy atom. The molecule has 1 aliphatic rings. The predicted octanol–water partition coefficient (Wildman–Crippen LogP) is 3.96. The lowest BCUT2D eigenvalue weighted by molar-refractivity contribution is -0.121. The fourth-order valence-electron chi connectivity index (χ4n) is 3.14. The number of carbonyl (C=O) groups is 1. The van der Waals surface area contributed by atoms with Crippen molar-refractivity contribution in [2.45, 2.75) is 45.3 Å². The van der Waals surface area contributed by atoms with E-state index in [1.807, 2.05) is 63.2 Å². The maximum atomic E-state index is 12.5. The maximum absolute atomic E-state index is 12.5. The number of nitrogens with one attached hydrogen (secondary N) is 1. The molecule has 2 aromatic rings.